The number of carbonyl (C=O) groups excluding carboxylic acids is 3. The second kappa shape index (κ2) is 48.3. The lowest BCUT2D eigenvalue weighted by Crippen LogP contribution is -2.61. The Kier molecular flexibility index (Phi) is 44.0. The number of rotatable bonds is 45. The molecule has 0 aromatic heterocycles. The minimum absolute atomic E-state index is 0.0359. The third-order valence-corrected chi connectivity index (χ3v) is 11.8. The van der Waals surface area contributed by atoms with Crippen LogP contribution in [0.1, 0.15) is 201 Å². The van der Waals surface area contributed by atoms with Gasteiger partial charge in [-0.2, -0.15) is 0 Å². The van der Waals surface area contributed by atoms with Crippen LogP contribution >= 0.6 is 0 Å². The third kappa shape index (κ3) is 38.6. The summed E-state index contributed by atoms with van der Waals surface area (Å²) in [6.07, 6.45) is 52.3. The van der Waals surface area contributed by atoms with Crippen LogP contribution in [0.2, 0.25) is 0 Å². The van der Waals surface area contributed by atoms with Crippen molar-refractivity contribution < 1.29 is 58.2 Å². The van der Waals surface area contributed by atoms with Gasteiger partial charge in [0.05, 0.1) is 6.61 Å². The number of carboxylic acid groups (broad SMARTS) is 1. The molecular weight excluding hydrogens is 925 g/mol. The molecule has 3 N–H and O–H groups in total. The molecule has 1 heterocycles. The van der Waals surface area contributed by atoms with Crippen molar-refractivity contribution in [2.24, 2.45) is 0 Å². The molecule has 73 heavy (non-hydrogen) atoms. The van der Waals surface area contributed by atoms with Crippen LogP contribution in [-0.4, -0.2) is 89.2 Å². The van der Waals surface area contributed by atoms with Gasteiger partial charge in [0.15, 0.2) is 24.6 Å². The number of hydrogen-bond donors (Lipinski definition) is 3. The molecule has 12 heteroatoms. The highest BCUT2D eigenvalue weighted by molar-refractivity contribution is 5.74. The molecular formula is C61H96O12. The predicted octanol–water partition coefficient (Wildman–Crippen LogP) is 13.9. The average Bonchev–Trinajstić information content (AvgIpc) is 3.37. The number of aliphatic hydroxyl groups is 2. The summed E-state index contributed by atoms with van der Waals surface area (Å²) in [6.45, 7) is 5.62. The Morgan fingerprint density at radius 3 is 1.38 bits per heavy atom. The fraction of sp³-hybridized carbons (Fsp3) is 0.639. The maximum absolute atomic E-state index is 13.1. The van der Waals surface area contributed by atoms with Crippen molar-refractivity contribution in [2.75, 3.05) is 13.2 Å². The first-order valence-corrected chi connectivity index (χ1v) is 27.9. The van der Waals surface area contributed by atoms with E-state index < -0.39 is 67.3 Å². The van der Waals surface area contributed by atoms with Crippen LogP contribution in [0.15, 0.2) is 109 Å². The average molecular weight is 1020 g/mol. The molecule has 1 aliphatic heterocycles. The molecule has 6 atom stereocenters. The molecule has 0 bridgehead atoms. The van der Waals surface area contributed by atoms with Gasteiger partial charge in [0.1, 0.15) is 18.8 Å². The van der Waals surface area contributed by atoms with Crippen LogP contribution in [0, 0.1) is 0 Å². The number of carboxylic acids is 1. The van der Waals surface area contributed by atoms with E-state index in [-0.39, 0.29) is 25.9 Å². The molecule has 6 unspecified atom stereocenters. The minimum Gasteiger partial charge on any atom is -0.479 e. The molecule has 1 saturated heterocycles. The Morgan fingerprint density at radius 1 is 0.466 bits per heavy atom. The smallest absolute Gasteiger partial charge is 0.335 e. The van der Waals surface area contributed by atoms with E-state index in [1.54, 1.807) is 0 Å². The molecule has 412 valence electrons. The standard InChI is InChI=1S/C61H96O12/c1-4-7-10-13-16-19-22-25-26-27-28-31-34-37-40-43-46-49-55(64)72-59-57(66)56(65)58(60(67)68)73-61(59)70-51-52(71-54(63)48-45-42-39-36-33-30-24-21-18-15-12-9-6-3)50-69-53(62)47-44-41-38-35-32-29-23-20-17-14-11-8-5-2/h8-9,11-12,16-21,25-26,29-30,32-33,38,41,52,56-59,61,65-66H,4-7,10,13-15,22-24,27-28,31,34-37,39-40,42-51H2,1-3H3,(H,67,68)/b11-8-,12-9-,19-16-,20-17-,21-18-,26-25-,32-29-,33-30-,41-38-. The third-order valence-electron chi connectivity index (χ3n) is 11.8. The van der Waals surface area contributed by atoms with Gasteiger partial charge in [-0.1, -0.05) is 182 Å². The second-order valence-corrected chi connectivity index (χ2v) is 18.4. The first-order valence-electron chi connectivity index (χ1n) is 27.9. The molecule has 1 rings (SSSR count). The fourth-order valence-corrected chi connectivity index (χ4v) is 7.60. The zero-order valence-electron chi connectivity index (χ0n) is 45.1. The van der Waals surface area contributed by atoms with Gasteiger partial charge in [0.25, 0.3) is 0 Å². The summed E-state index contributed by atoms with van der Waals surface area (Å²) >= 11 is 0. The molecule has 0 aliphatic carbocycles. The summed E-state index contributed by atoms with van der Waals surface area (Å²) in [5, 5.41) is 31.4. The van der Waals surface area contributed by atoms with E-state index in [9.17, 15) is 34.5 Å². The lowest BCUT2D eigenvalue weighted by atomic mass is 9.98. The Balaban J connectivity index is 2.76. The molecule has 0 saturated carbocycles. The molecule has 0 spiro atoms. The Hall–Kier alpha value is -4.62. The highest BCUT2D eigenvalue weighted by atomic mass is 16.7. The number of ether oxygens (including phenoxy) is 5. The van der Waals surface area contributed by atoms with Crippen molar-refractivity contribution in [1.82, 2.24) is 0 Å². The van der Waals surface area contributed by atoms with Crippen molar-refractivity contribution >= 4 is 23.9 Å². The topological polar surface area (TPSA) is 175 Å². The summed E-state index contributed by atoms with van der Waals surface area (Å²) in [7, 11) is 0. The normalized spacial score (nSPS) is 19.2. The summed E-state index contributed by atoms with van der Waals surface area (Å²) in [5.41, 5.74) is 0. The van der Waals surface area contributed by atoms with Crippen molar-refractivity contribution in [2.45, 2.75) is 237 Å². The lowest BCUT2D eigenvalue weighted by Gasteiger charge is -2.40. The fourth-order valence-electron chi connectivity index (χ4n) is 7.60. The van der Waals surface area contributed by atoms with Crippen molar-refractivity contribution in [3.63, 3.8) is 0 Å². The van der Waals surface area contributed by atoms with Crippen LogP contribution in [0.3, 0.4) is 0 Å². The van der Waals surface area contributed by atoms with Crippen LogP contribution < -0.4 is 0 Å². The summed E-state index contributed by atoms with van der Waals surface area (Å²) in [4.78, 5) is 50.9. The molecule has 1 fully saturated rings. The highest BCUT2D eigenvalue weighted by Gasteiger charge is 2.50. The number of aliphatic hydroxyl groups excluding tert-OH is 2. The van der Waals surface area contributed by atoms with E-state index in [4.69, 9.17) is 23.7 Å². The van der Waals surface area contributed by atoms with E-state index >= 15 is 0 Å². The largest absolute Gasteiger partial charge is 0.479 e. The summed E-state index contributed by atoms with van der Waals surface area (Å²) in [6, 6.07) is 0. The first kappa shape index (κ1) is 66.4. The zero-order valence-corrected chi connectivity index (χ0v) is 45.1. The lowest BCUT2D eigenvalue weighted by molar-refractivity contribution is -0.301. The van der Waals surface area contributed by atoms with Crippen LogP contribution in [0.5, 0.6) is 0 Å². The van der Waals surface area contributed by atoms with Crippen LogP contribution in [0.4, 0.5) is 0 Å². The molecule has 12 nitrogen and oxygen atoms in total. The van der Waals surface area contributed by atoms with Gasteiger partial charge < -0.3 is 39.0 Å². The van der Waals surface area contributed by atoms with Crippen LogP contribution in [-0.2, 0) is 42.9 Å². The van der Waals surface area contributed by atoms with E-state index in [1.807, 2.05) is 12.2 Å². The van der Waals surface area contributed by atoms with Gasteiger partial charge in [-0.25, -0.2) is 4.79 Å². The quantitative estimate of drug-likeness (QED) is 0.0228. The van der Waals surface area contributed by atoms with Gasteiger partial charge in [0.2, 0.25) is 0 Å². The van der Waals surface area contributed by atoms with E-state index in [1.165, 1.54) is 19.3 Å². The number of unbranched alkanes of at least 4 members (excludes halogenated alkanes) is 13. The van der Waals surface area contributed by atoms with Crippen molar-refractivity contribution in [1.29, 1.82) is 0 Å². The minimum atomic E-state index is -1.92. The predicted molar refractivity (Wildman–Crippen MR) is 294 cm³/mol. The SMILES string of the molecule is CC/C=C\C/C=C\C/C=C\C/C=C\CCC(=O)OCC(COC1OC(C(=O)O)C(O)C(O)C1OC(=O)CCCCCCCCC/C=C\C/C=C\CCCCC)OC(=O)CCCCC/C=C\C/C=C\C/C=C\CC. The van der Waals surface area contributed by atoms with Gasteiger partial charge in [0, 0.05) is 19.3 Å². The molecule has 0 radical (unpaired) electrons. The molecule has 1 aliphatic rings. The van der Waals surface area contributed by atoms with Gasteiger partial charge in [-0.05, 0) is 109 Å². The Morgan fingerprint density at radius 2 is 0.890 bits per heavy atom. The molecule has 0 aromatic carbocycles. The number of esters is 3. The Labute approximate surface area is 440 Å². The highest BCUT2D eigenvalue weighted by Crippen LogP contribution is 2.26. The molecule has 0 amide bonds. The van der Waals surface area contributed by atoms with Crippen LogP contribution in [0.25, 0.3) is 0 Å². The number of aliphatic carboxylic acids is 1. The first-order chi connectivity index (χ1) is 35.6. The van der Waals surface area contributed by atoms with Crippen molar-refractivity contribution in [3.05, 3.63) is 109 Å². The Bertz CT molecular complexity index is 1690. The van der Waals surface area contributed by atoms with Gasteiger partial charge >= 0.3 is 23.9 Å². The van der Waals surface area contributed by atoms with E-state index in [0.717, 1.165) is 122 Å². The maximum atomic E-state index is 13.1. The maximum Gasteiger partial charge on any atom is 0.335 e. The van der Waals surface area contributed by atoms with E-state index in [2.05, 4.69) is 118 Å². The molecule has 0 aromatic rings. The van der Waals surface area contributed by atoms with Gasteiger partial charge in [-0.3, -0.25) is 14.4 Å². The summed E-state index contributed by atoms with van der Waals surface area (Å²) in [5.74, 6) is -3.30. The number of carbonyl (C=O) groups is 4. The van der Waals surface area contributed by atoms with E-state index in [0.29, 0.717) is 19.3 Å². The second-order valence-electron chi connectivity index (χ2n) is 18.4. The number of hydrogen-bond acceptors (Lipinski definition) is 11. The monoisotopic (exact) mass is 1020 g/mol. The number of allylic oxidation sites excluding steroid dienone is 18. The van der Waals surface area contributed by atoms with Gasteiger partial charge in [-0.15, -0.1) is 0 Å². The van der Waals surface area contributed by atoms with Crippen molar-refractivity contribution in [3.8, 4) is 0 Å². The zero-order chi connectivity index (χ0) is 53.3. The summed E-state index contributed by atoms with van der Waals surface area (Å²) < 4.78 is 28.2.